The number of nitrogens with zero attached hydrogens (tertiary/aromatic N) is 2. The Hall–Kier alpha value is -1.27. The van der Waals surface area contributed by atoms with Crippen molar-refractivity contribution < 1.29 is 14.3 Å². The molecule has 1 atom stereocenters. The van der Waals surface area contributed by atoms with Gasteiger partial charge in [-0.3, -0.25) is 0 Å². The first-order chi connectivity index (χ1) is 13.6. The predicted molar refractivity (Wildman–Crippen MR) is 122 cm³/mol. The van der Waals surface area contributed by atoms with Crippen LogP contribution in [0.2, 0.25) is 0 Å². The number of carbonyl (C=O) groups is 1. The second-order valence-electron chi connectivity index (χ2n) is 9.03. The van der Waals surface area contributed by atoms with Crippen LogP contribution in [-0.2, 0) is 9.47 Å². The van der Waals surface area contributed by atoms with E-state index in [1.54, 1.807) is 7.11 Å². The summed E-state index contributed by atoms with van der Waals surface area (Å²) in [5.41, 5.74) is 3.50. The van der Waals surface area contributed by atoms with Crippen molar-refractivity contribution in [2.75, 3.05) is 39.9 Å². The molecule has 2 rings (SSSR count). The fourth-order valence-corrected chi connectivity index (χ4v) is 4.64. The molecule has 1 unspecified atom stereocenters. The maximum atomic E-state index is 12.7. The fraction of sp³-hybridized carbons (Fsp3) is 0.696. The van der Waals surface area contributed by atoms with Crippen molar-refractivity contribution in [3.63, 3.8) is 0 Å². The van der Waals surface area contributed by atoms with E-state index in [0.29, 0.717) is 13.1 Å². The summed E-state index contributed by atoms with van der Waals surface area (Å²) < 4.78 is 12.0. The monoisotopic (exact) mass is 468 g/mol. The minimum atomic E-state index is -0.478. The Kier molecular flexibility index (Phi) is 8.83. The Labute approximate surface area is 184 Å². The first-order valence-corrected chi connectivity index (χ1v) is 11.4. The molecule has 29 heavy (non-hydrogen) atoms. The highest BCUT2D eigenvalue weighted by Gasteiger charge is 2.29. The van der Waals surface area contributed by atoms with E-state index >= 15 is 0 Å². The average molecular weight is 469 g/mol. The first kappa shape index (κ1) is 24.0. The van der Waals surface area contributed by atoms with Gasteiger partial charge in [-0.15, -0.1) is 0 Å². The smallest absolute Gasteiger partial charge is 0.410 e. The van der Waals surface area contributed by atoms with Crippen LogP contribution in [-0.4, -0.2) is 61.4 Å². The number of methoxy groups -OCH3 is 1. The van der Waals surface area contributed by atoms with Gasteiger partial charge in [0.15, 0.2) is 0 Å². The van der Waals surface area contributed by atoms with Crippen molar-refractivity contribution >= 4 is 22.0 Å². The molecule has 0 spiro atoms. The number of hydrogen-bond donors (Lipinski definition) is 0. The van der Waals surface area contributed by atoms with Crippen LogP contribution in [0.1, 0.15) is 53.9 Å². The van der Waals surface area contributed by atoms with E-state index in [2.05, 4.69) is 47.0 Å². The van der Waals surface area contributed by atoms with Crippen LogP contribution in [0.4, 0.5) is 4.79 Å². The number of hydrogen-bond acceptors (Lipinski definition) is 4. The van der Waals surface area contributed by atoms with Crippen LogP contribution in [0.15, 0.2) is 33.5 Å². The number of carbonyl (C=O) groups excluding carboxylic acids is 1. The molecule has 1 saturated heterocycles. The van der Waals surface area contributed by atoms with E-state index in [1.165, 1.54) is 16.7 Å². The number of rotatable bonds is 4. The van der Waals surface area contributed by atoms with Crippen LogP contribution in [0.5, 0.6) is 0 Å². The molecule has 2 aliphatic heterocycles. The minimum Gasteiger partial charge on any atom is -0.444 e. The van der Waals surface area contributed by atoms with Crippen molar-refractivity contribution in [1.82, 2.24) is 9.80 Å². The minimum absolute atomic E-state index is 0.222. The normalized spacial score (nSPS) is 24.3. The van der Waals surface area contributed by atoms with Gasteiger partial charge in [0.2, 0.25) is 0 Å². The van der Waals surface area contributed by atoms with Crippen molar-refractivity contribution in [2.45, 2.75) is 59.5 Å². The maximum absolute atomic E-state index is 12.7. The molecule has 5 nitrogen and oxygen atoms in total. The summed E-state index contributed by atoms with van der Waals surface area (Å²) in [6, 6.07) is 0. The lowest BCUT2D eigenvalue weighted by Gasteiger charge is -2.27. The molecule has 0 bridgehead atoms. The molecule has 0 aromatic heterocycles. The Morgan fingerprint density at radius 2 is 2.03 bits per heavy atom. The summed E-state index contributed by atoms with van der Waals surface area (Å²) in [7, 11) is 1.75. The van der Waals surface area contributed by atoms with E-state index in [4.69, 9.17) is 9.47 Å². The van der Waals surface area contributed by atoms with E-state index in [1.807, 2.05) is 25.7 Å². The molecule has 1 amide bonds. The van der Waals surface area contributed by atoms with Crippen molar-refractivity contribution in [1.29, 1.82) is 0 Å². The quantitative estimate of drug-likeness (QED) is 0.547. The van der Waals surface area contributed by atoms with E-state index in [-0.39, 0.29) is 12.0 Å². The molecule has 0 aromatic rings. The maximum Gasteiger partial charge on any atom is 0.410 e. The van der Waals surface area contributed by atoms with Crippen LogP contribution in [0, 0.1) is 5.92 Å². The van der Waals surface area contributed by atoms with Crippen LogP contribution in [0.25, 0.3) is 0 Å². The third kappa shape index (κ3) is 7.49. The van der Waals surface area contributed by atoms with Gasteiger partial charge in [-0.1, -0.05) is 28.9 Å². The second kappa shape index (κ2) is 10.7. The van der Waals surface area contributed by atoms with E-state index in [0.717, 1.165) is 43.4 Å². The summed E-state index contributed by atoms with van der Waals surface area (Å²) >= 11 is 3.73. The third-order valence-electron chi connectivity index (χ3n) is 5.21. The third-order valence-corrected chi connectivity index (χ3v) is 5.64. The lowest BCUT2D eigenvalue weighted by atomic mass is 9.90. The van der Waals surface area contributed by atoms with Gasteiger partial charge in [-0.2, -0.15) is 0 Å². The summed E-state index contributed by atoms with van der Waals surface area (Å²) in [4.78, 5) is 16.9. The molecule has 0 aliphatic carbocycles. The molecule has 0 radical (unpaired) electrons. The lowest BCUT2D eigenvalue weighted by molar-refractivity contribution is 0.0243. The Morgan fingerprint density at radius 1 is 1.31 bits per heavy atom. The molecule has 2 heterocycles. The van der Waals surface area contributed by atoms with Crippen LogP contribution >= 0.6 is 15.9 Å². The Balaban J connectivity index is 2.24. The van der Waals surface area contributed by atoms with Gasteiger partial charge < -0.3 is 19.3 Å². The summed E-state index contributed by atoms with van der Waals surface area (Å²) in [5, 5.41) is 0. The van der Waals surface area contributed by atoms with Crippen LogP contribution < -0.4 is 0 Å². The van der Waals surface area contributed by atoms with Gasteiger partial charge in [0.1, 0.15) is 5.60 Å². The molecule has 6 heteroatoms. The number of halogens is 1. The number of likely N-dealkylation sites (tertiary alicyclic amines) is 1. The zero-order chi connectivity index (χ0) is 21.6. The van der Waals surface area contributed by atoms with Crippen molar-refractivity contribution in [2.24, 2.45) is 5.92 Å². The summed E-state index contributed by atoms with van der Waals surface area (Å²) in [6.45, 7) is 14.1. The van der Waals surface area contributed by atoms with Gasteiger partial charge in [-0.25, -0.2) is 4.79 Å². The summed E-state index contributed by atoms with van der Waals surface area (Å²) in [5.74, 6) is 0.240. The van der Waals surface area contributed by atoms with Gasteiger partial charge >= 0.3 is 6.09 Å². The zero-order valence-corrected chi connectivity index (χ0v) is 20.5. The van der Waals surface area contributed by atoms with Gasteiger partial charge in [0.05, 0.1) is 6.61 Å². The molecule has 2 aliphatic rings. The van der Waals surface area contributed by atoms with Gasteiger partial charge in [0.25, 0.3) is 0 Å². The lowest BCUT2D eigenvalue weighted by Crippen LogP contribution is -2.38. The molecule has 0 N–H and O–H groups in total. The Bertz CT molecular complexity index is 672. The molecule has 164 valence electrons. The number of allylic oxidation sites excluding steroid dienone is 3. The number of amides is 1. The fourth-order valence-electron chi connectivity index (χ4n) is 3.99. The highest BCUT2D eigenvalue weighted by atomic mass is 79.9. The van der Waals surface area contributed by atoms with Crippen molar-refractivity contribution in [3.05, 3.63) is 33.5 Å². The molecule has 0 saturated carbocycles. The van der Waals surface area contributed by atoms with Gasteiger partial charge in [0, 0.05) is 39.5 Å². The molecular formula is C23H37BrN2O3. The van der Waals surface area contributed by atoms with Gasteiger partial charge in [-0.05, 0) is 74.1 Å². The SMILES string of the molecule is COCCN1C=C(/C=C2/CCN(C(=O)OC(C)(C)C)CC(C)/C2=C(/C)Br)CCC1. The number of ether oxygens (including phenoxy) is 2. The summed E-state index contributed by atoms with van der Waals surface area (Å²) in [6.07, 6.45) is 7.47. The van der Waals surface area contributed by atoms with Crippen molar-refractivity contribution in [3.8, 4) is 0 Å². The standard InChI is InChI=1S/C23H37BrN2O3/c1-17-15-26(22(27)29-23(3,4)5)11-9-20(21(17)18(2)24)14-19-8-7-10-25(16-19)12-13-28-6/h14,16-17H,7-13,15H2,1-6H3/b20-14-,21-18+. The van der Waals surface area contributed by atoms with E-state index in [9.17, 15) is 4.79 Å². The zero-order valence-electron chi connectivity index (χ0n) is 18.9. The highest BCUT2D eigenvalue weighted by Crippen LogP contribution is 2.34. The first-order valence-electron chi connectivity index (χ1n) is 10.6. The molecule has 0 aromatic carbocycles. The average Bonchev–Trinajstić information content (AvgIpc) is 2.77. The molecule has 1 fully saturated rings. The second-order valence-corrected chi connectivity index (χ2v) is 10.2. The largest absolute Gasteiger partial charge is 0.444 e. The topological polar surface area (TPSA) is 42.0 Å². The van der Waals surface area contributed by atoms with E-state index < -0.39 is 5.60 Å². The Morgan fingerprint density at radius 3 is 2.66 bits per heavy atom. The predicted octanol–water partition coefficient (Wildman–Crippen LogP) is 5.48. The molecular weight excluding hydrogens is 432 g/mol. The highest BCUT2D eigenvalue weighted by molar-refractivity contribution is 9.11. The van der Waals surface area contributed by atoms with Crippen LogP contribution in [0.3, 0.4) is 0 Å².